The van der Waals surface area contributed by atoms with Crippen LogP contribution in [0, 0.1) is 3.57 Å². The second kappa shape index (κ2) is 5.49. The number of hydrogen-bond acceptors (Lipinski definition) is 2. The summed E-state index contributed by atoms with van der Waals surface area (Å²) in [7, 11) is 1.89. The van der Waals surface area contributed by atoms with E-state index in [0.717, 1.165) is 17.7 Å². The van der Waals surface area contributed by atoms with E-state index in [-0.39, 0.29) is 11.7 Å². The first-order valence-electron chi connectivity index (χ1n) is 5.07. The number of halogens is 1. The first-order valence-corrected chi connectivity index (χ1v) is 6.15. The van der Waals surface area contributed by atoms with Gasteiger partial charge in [-0.1, -0.05) is 6.92 Å². The lowest BCUT2D eigenvalue weighted by atomic mass is 9.91. The van der Waals surface area contributed by atoms with E-state index in [1.165, 1.54) is 3.57 Å². The van der Waals surface area contributed by atoms with Crippen molar-refractivity contribution >= 4 is 34.1 Å². The van der Waals surface area contributed by atoms with Crippen LogP contribution in [0.5, 0.6) is 0 Å². The van der Waals surface area contributed by atoms with E-state index in [9.17, 15) is 4.79 Å². The van der Waals surface area contributed by atoms with Crippen LogP contribution < -0.4 is 5.32 Å². The minimum absolute atomic E-state index is 0.0159. The summed E-state index contributed by atoms with van der Waals surface area (Å²) in [4.78, 5) is 11.5. The van der Waals surface area contributed by atoms with Crippen molar-refractivity contribution in [2.45, 2.75) is 26.2 Å². The molecule has 1 atom stereocenters. The third kappa shape index (κ3) is 2.93. The summed E-state index contributed by atoms with van der Waals surface area (Å²) in [5, 5.41) is 3.14. The first-order chi connectivity index (χ1) is 7.10. The third-order valence-electron chi connectivity index (χ3n) is 2.56. The molecule has 15 heavy (non-hydrogen) atoms. The van der Waals surface area contributed by atoms with Gasteiger partial charge in [0.2, 0.25) is 0 Å². The minimum atomic E-state index is 0.0159. The number of Topliss-reactive ketones (excluding diaryl/α,β-unsaturated/α-hetero) is 1. The Morgan fingerprint density at radius 3 is 2.67 bits per heavy atom. The van der Waals surface area contributed by atoms with Gasteiger partial charge in [0.1, 0.15) is 5.78 Å². The molecule has 0 saturated carbocycles. The molecule has 1 rings (SSSR count). The number of hydrogen-bond donors (Lipinski definition) is 1. The summed E-state index contributed by atoms with van der Waals surface area (Å²) in [5.41, 5.74) is 2.16. The highest BCUT2D eigenvalue weighted by Gasteiger charge is 2.17. The molecule has 0 aliphatic rings. The van der Waals surface area contributed by atoms with Crippen LogP contribution in [0.3, 0.4) is 0 Å². The lowest BCUT2D eigenvalue weighted by Crippen LogP contribution is -2.10. The van der Waals surface area contributed by atoms with Gasteiger partial charge in [-0.15, -0.1) is 0 Å². The van der Waals surface area contributed by atoms with Crippen LogP contribution in [-0.2, 0) is 4.79 Å². The molecule has 82 valence electrons. The molecule has 1 aromatic carbocycles. The van der Waals surface area contributed by atoms with Crippen molar-refractivity contribution in [3.8, 4) is 0 Å². The van der Waals surface area contributed by atoms with Gasteiger partial charge in [0.05, 0.1) is 0 Å². The molecule has 0 aliphatic heterocycles. The molecule has 0 bridgehead atoms. The topological polar surface area (TPSA) is 29.1 Å². The number of ketones is 1. The molecular weight excluding hydrogens is 301 g/mol. The fourth-order valence-electron chi connectivity index (χ4n) is 1.78. The zero-order valence-corrected chi connectivity index (χ0v) is 11.5. The monoisotopic (exact) mass is 317 g/mol. The summed E-state index contributed by atoms with van der Waals surface area (Å²) in [5.74, 6) is 0.248. The number of carbonyl (C=O) groups excluding carboxylic acids is 1. The lowest BCUT2D eigenvalue weighted by molar-refractivity contribution is -0.118. The van der Waals surface area contributed by atoms with Crippen LogP contribution in [0.4, 0.5) is 5.69 Å². The van der Waals surface area contributed by atoms with Gasteiger partial charge in [-0.05, 0) is 59.7 Å². The van der Waals surface area contributed by atoms with Gasteiger partial charge in [0.25, 0.3) is 0 Å². The summed E-state index contributed by atoms with van der Waals surface area (Å²) in [6.07, 6.45) is 0.851. The molecular formula is C12H16INO. The smallest absolute Gasteiger partial charge is 0.137 e. The number of anilines is 1. The van der Waals surface area contributed by atoms with E-state index in [1.807, 2.05) is 26.1 Å². The van der Waals surface area contributed by atoms with E-state index in [1.54, 1.807) is 6.92 Å². The average Bonchev–Trinajstić information content (AvgIpc) is 2.18. The van der Waals surface area contributed by atoms with E-state index >= 15 is 0 Å². The van der Waals surface area contributed by atoms with Crippen molar-refractivity contribution in [1.29, 1.82) is 0 Å². The average molecular weight is 317 g/mol. The highest BCUT2D eigenvalue weighted by atomic mass is 127. The lowest BCUT2D eigenvalue weighted by Gasteiger charge is -2.16. The van der Waals surface area contributed by atoms with Gasteiger partial charge in [-0.2, -0.15) is 0 Å². The van der Waals surface area contributed by atoms with Gasteiger partial charge in [0.15, 0.2) is 0 Å². The van der Waals surface area contributed by atoms with Crippen molar-refractivity contribution in [2.24, 2.45) is 0 Å². The van der Waals surface area contributed by atoms with Gasteiger partial charge in [-0.25, -0.2) is 0 Å². The Balaban J connectivity index is 3.19. The van der Waals surface area contributed by atoms with Gasteiger partial charge in [-0.3, -0.25) is 4.79 Å². The fourth-order valence-corrected chi connectivity index (χ4v) is 2.29. The summed E-state index contributed by atoms with van der Waals surface area (Å²) in [6, 6.07) is 6.16. The predicted octanol–water partition coefficient (Wildman–Crippen LogP) is 3.42. The fraction of sp³-hybridized carbons (Fsp3) is 0.417. The third-order valence-corrected chi connectivity index (χ3v) is 3.23. The number of benzene rings is 1. The van der Waals surface area contributed by atoms with Gasteiger partial charge in [0, 0.05) is 22.2 Å². The Kier molecular flexibility index (Phi) is 4.57. The maximum absolute atomic E-state index is 11.5. The molecule has 1 N–H and O–H groups in total. The summed E-state index contributed by atoms with van der Waals surface area (Å²) >= 11 is 2.27. The number of carbonyl (C=O) groups is 1. The maximum Gasteiger partial charge on any atom is 0.137 e. The van der Waals surface area contributed by atoms with Crippen LogP contribution >= 0.6 is 22.6 Å². The van der Waals surface area contributed by atoms with Crippen molar-refractivity contribution in [3.63, 3.8) is 0 Å². The molecule has 1 aromatic rings. The highest BCUT2D eigenvalue weighted by molar-refractivity contribution is 14.1. The van der Waals surface area contributed by atoms with Crippen molar-refractivity contribution in [1.82, 2.24) is 0 Å². The molecule has 0 fully saturated rings. The molecule has 0 heterocycles. The zero-order chi connectivity index (χ0) is 11.4. The molecule has 0 aromatic heterocycles. The summed E-state index contributed by atoms with van der Waals surface area (Å²) in [6.45, 7) is 3.71. The Labute approximate surface area is 105 Å². The second-order valence-corrected chi connectivity index (χ2v) is 4.80. The molecule has 0 aliphatic carbocycles. The molecule has 0 spiro atoms. The van der Waals surface area contributed by atoms with Crippen LogP contribution in [0.2, 0.25) is 0 Å². The molecule has 1 unspecified atom stereocenters. The van der Waals surface area contributed by atoms with Crippen LogP contribution in [0.1, 0.15) is 31.7 Å². The predicted molar refractivity (Wildman–Crippen MR) is 72.4 cm³/mol. The Morgan fingerprint density at radius 1 is 1.53 bits per heavy atom. The first kappa shape index (κ1) is 12.5. The zero-order valence-electron chi connectivity index (χ0n) is 9.30. The maximum atomic E-state index is 11.5. The summed E-state index contributed by atoms with van der Waals surface area (Å²) < 4.78 is 1.17. The van der Waals surface area contributed by atoms with E-state index in [2.05, 4.69) is 34.0 Å². The number of rotatable bonds is 4. The molecule has 2 nitrogen and oxygen atoms in total. The van der Waals surface area contributed by atoms with E-state index in [0.29, 0.717) is 0 Å². The van der Waals surface area contributed by atoms with Crippen molar-refractivity contribution < 1.29 is 4.79 Å². The van der Waals surface area contributed by atoms with Crippen LogP contribution in [-0.4, -0.2) is 12.8 Å². The van der Waals surface area contributed by atoms with E-state index in [4.69, 9.17) is 0 Å². The molecule has 0 saturated heterocycles. The molecule has 0 amide bonds. The number of nitrogens with one attached hydrogen (secondary N) is 1. The van der Waals surface area contributed by atoms with Crippen molar-refractivity contribution in [2.75, 3.05) is 12.4 Å². The van der Waals surface area contributed by atoms with Gasteiger partial charge < -0.3 is 5.32 Å². The molecule has 3 heteroatoms. The largest absolute Gasteiger partial charge is 0.388 e. The van der Waals surface area contributed by atoms with Crippen LogP contribution in [0.25, 0.3) is 0 Å². The minimum Gasteiger partial charge on any atom is -0.388 e. The Morgan fingerprint density at radius 2 is 2.20 bits per heavy atom. The molecule has 0 radical (unpaired) electrons. The normalized spacial score (nSPS) is 12.3. The standard InChI is InChI=1S/C12H16INO/c1-4-10(8(2)15)11-7-9(13)5-6-12(11)14-3/h5-7,10,14H,4H2,1-3H3. The van der Waals surface area contributed by atoms with Gasteiger partial charge >= 0.3 is 0 Å². The highest BCUT2D eigenvalue weighted by Crippen LogP contribution is 2.29. The quantitative estimate of drug-likeness (QED) is 0.862. The second-order valence-electron chi connectivity index (χ2n) is 3.55. The Hall–Kier alpha value is -0.580. The van der Waals surface area contributed by atoms with Crippen molar-refractivity contribution in [3.05, 3.63) is 27.3 Å². The van der Waals surface area contributed by atoms with Crippen LogP contribution in [0.15, 0.2) is 18.2 Å². The SMILES string of the molecule is CCC(C(C)=O)c1cc(I)ccc1NC. The van der Waals surface area contributed by atoms with E-state index < -0.39 is 0 Å². The Bertz CT molecular complexity index is 363.